The molecule has 0 unspecified atom stereocenters. The van der Waals surface area contributed by atoms with Gasteiger partial charge in [-0.1, -0.05) is 6.08 Å². The van der Waals surface area contributed by atoms with E-state index in [1.165, 1.54) is 6.08 Å². The Labute approximate surface area is 92.2 Å². The fourth-order valence-electron chi connectivity index (χ4n) is 0.780. The van der Waals surface area contributed by atoms with Crippen molar-refractivity contribution < 1.29 is 8.42 Å². The van der Waals surface area contributed by atoms with Gasteiger partial charge in [-0.15, -0.1) is 6.58 Å². The molecule has 0 saturated heterocycles. The zero-order valence-electron chi connectivity index (χ0n) is 8.21. The Balaban J connectivity index is 2.83. The Morgan fingerprint density at radius 2 is 1.81 bits per heavy atom. The van der Waals surface area contributed by atoms with E-state index >= 15 is 0 Å². The van der Waals surface area contributed by atoms with Gasteiger partial charge >= 0.3 is 10.2 Å². The zero-order chi connectivity index (χ0) is 12.2. The van der Waals surface area contributed by atoms with E-state index in [2.05, 4.69) is 26.3 Å². The zero-order valence-corrected chi connectivity index (χ0v) is 9.03. The summed E-state index contributed by atoms with van der Waals surface area (Å²) in [6.07, 6.45) is 1.38. The molecule has 1 aromatic rings. The number of nitrogens with one attached hydrogen (secondary N) is 2. The lowest BCUT2D eigenvalue weighted by atomic mass is 10.7. The molecule has 0 amide bonds. The van der Waals surface area contributed by atoms with Crippen LogP contribution in [-0.4, -0.2) is 29.9 Å². The van der Waals surface area contributed by atoms with Crippen LogP contribution in [0, 0.1) is 0 Å². The smallest absolute Gasteiger partial charge is 0.301 e. The van der Waals surface area contributed by atoms with Crippen molar-refractivity contribution in [3.05, 3.63) is 12.7 Å². The summed E-state index contributed by atoms with van der Waals surface area (Å²) in [4.78, 5) is 10.6. The third kappa shape index (κ3) is 3.67. The quantitative estimate of drug-likeness (QED) is 0.459. The fraction of sp³-hybridized carbons (Fsp3) is 0.167. The minimum Gasteiger partial charge on any atom is -0.368 e. The van der Waals surface area contributed by atoms with Crippen LogP contribution in [-0.2, 0) is 10.2 Å². The monoisotopic (exact) mass is 245 g/mol. The van der Waals surface area contributed by atoms with Crippen LogP contribution in [0.2, 0.25) is 0 Å². The Hall–Kier alpha value is -1.94. The minimum atomic E-state index is -3.77. The van der Waals surface area contributed by atoms with Crippen LogP contribution in [0.5, 0.6) is 0 Å². The summed E-state index contributed by atoms with van der Waals surface area (Å²) < 4.78 is 26.8. The largest absolute Gasteiger partial charge is 0.368 e. The average molecular weight is 245 g/mol. The Bertz CT molecular complexity index is 465. The highest BCUT2D eigenvalue weighted by atomic mass is 32.2. The fourth-order valence-corrected chi connectivity index (χ4v) is 1.52. The Kier molecular flexibility index (Phi) is 3.58. The molecule has 0 saturated carbocycles. The predicted octanol–water partition coefficient (Wildman–Crippen LogP) is -1.53. The van der Waals surface area contributed by atoms with Gasteiger partial charge in [0.1, 0.15) is 0 Å². The molecule has 0 atom stereocenters. The number of rotatable bonds is 5. The Morgan fingerprint density at radius 3 is 2.31 bits per heavy atom. The standard InChI is InChI=1S/C6H11N7O2S/c1-2-3-9-16(14,15)13-6-11-4(7)10-5(8)12-6/h2,9H,1,3H2,(H5,7,8,10,11,12,13). The molecule has 16 heavy (non-hydrogen) atoms. The third-order valence-corrected chi connectivity index (χ3v) is 2.31. The average Bonchev–Trinajstić information content (AvgIpc) is 2.12. The van der Waals surface area contributed by atoms with Gasteiger partial charge in [0.2, 0.25) is 17.8 Å². The number of nitrogens with zero attached hydrogens (tertiary/aromatic N) is 3. The van der Waals surface area contributed by atoms with E-state index in [0.717, 1.165) is 0 Å². The molecule has 6 N–H and O–H groups in total. The van der Waals surface area contributed by atoms with Gasteiger partial charge in [-0.05, 0) is 0 Å². The van der Waals surface area contributed by atoms with Gasteiger partial charge in [-0.3, -0.25) is 0 Å². The van der Waals surface area contributed by atoms with Crippen molar-refractivity contribution in [1.29, 1.82) is 0 Å². The van der Waals surface area contributed by atoms with Gasteiger partial charge in [0, 0.05) is 6.54 Å². The lowest BCUT2D eigenvalue weighted by molar-refractivity contribution is 0.590. The van der Waals surface area contributed by atoms with Crippen LogP contribution in [0.15, 0.2) is 12.7 Å². The molecule has 10 heteroatoms. The highest BCUT2D eigenvalue weighted by Gasteiger charge is 2.11. The minimum absolute atomic E-state index is 0.0748. The lowest BCUT2D eigenvalue weighted by Crippen LogP contribution is -2.31. The van der Waals surface area contributed by atoms with Crippen molar-refractivity contribution in [1.82, 2.24) is 19.7 Å². The van der Waals surface area contributed by atoms with Crippen LogP contribution in [0.1, 0.15) is 0 Å². The summed E-state index contributed by atoms with van der Waals surface area (Å²) in [5.41, 5.74) is 10.5. The molecule has 0 aromatic carbocycles. The van der Waals surface area contributed by atoms with Crippen LogP contribution in [0.4, 0.5) is 17.8 Å². The van der Waals surface area contributed by atoms with Gasteiger partial charge in [0.25, 0.3) is 0 Å². The molecule has 1 heterocycles. The predicted molar refractivity (Wildman–Crippen MR) is 59.4 cm³/mol. The maximum atomic E-state index is 11.3. The second-order valence-corrected chi connectivity index (χ2v) is 4.12. The van der Waals surface area contributed by atoms with Crippen molar-refractivity contribution in [2.45, 2.75) is 0 Å². The second-order valence-electron chi connectivity index (χ2n) is 2.62. The lowest BCUT2D eigenvalue weighted by Gasteiger charge is -2.06. The van der Waals surface area contributed by atoms with Crippen LogP contribution < -0.4 is 20.9 Å². The van der Waals surface area contributed by atoms with E-state index in [4.69, 9.17) is 11.5 Å². The number of aromatic nitrogens is 3. The van der Waals surface area contributed by atoms with E-state index < -0.39 is 10.2 Å². The van der Waals surface area contributed by atoms with Crippen molar-refractivity contribution in [2.24, 2.45) is 0 Å². The van der Waals surface area contributed by atoms with Gasteiger partial charge in [0.05, 0.1) is 0 Å². The highest BCUT2D eigenvalue weighted by Crippen LogP contribution is 2.04. The summed E-state index contributed by atoms with van der Waals surface area (Å²) in [5, 5.41) is 0. The molecule has 88 valence electrons. The number of nitrogen functional groups attached to an aromatic ring is 2. The number of hydrogen-bond acceptors (Lipinski definition) is 7. The van der Waals surface area contributed by atoms with Gasteiger partial charge in [0.15, 0.2) is 0 Å². The number of nitrogens with two attached hydrogens (primary N) is 2. The van der Waals surface area contributed by atoms with Gasteiger partial charge in [-0.2, -0.15) is 28.1 Å². The molecule has 0 radical (unpaired) electrons. The molecular weight excluding hydrogens is 234 g/mol. The van der Waals surface area contributed by atoms with Crippen molar-refractivity contribution in [2.75, 3.05) is 22.7 Å². The van der Waals surface area contributed by atoms with E-state index in [0.29, 0.717) is 0 Å². The maximum absolute atomic E-state index is 11.3. The molecular formula is C6H11N7O2S. The van der Waals surface area contributed by atoms with Crippen molar-refractivity contribution >= 4 is 28.1 Å². The first-order valence-electron chi connectivity index (χ1n) is 4.08. The SMILES string of the molecule is C=CCNS(=O)(=O)Nc1nc(N)nc(N)n1. The molecule has 1 rings (SSSR count). The van der Waals surface area contributed by atoms with Crippen LogP contribution >= 0.6 is 0 Å². The number of anilines is 3. The van der Waals surface area contributed by atoms with Gasteiger partial charge < -0.3 is 11.5 Å². The molecule has 0 fully saturated rings. The van der Waals surface area contributed by atoms with Crippen LogP contribution in [0.3, 0.4) is 0 Å². The molecule has 9 nitrogen and oxygen atoms in total. The van der Waals surface area contributed by atoms with E-state index in [9.17, 15) is 8.42 Å². The van der Waals surface area contributed by atoms with E-state index in [1.807, 2.05) is 4.72 Å². The summed E-state index contributed by atoms with van der Waals surface area (Å²) in [6, 6.07) is 0. The molecule has 0 aliphatic rings. The second kappa shape index (κ2) is 4.72. The van der Waals surface area contributed by atoms with Gasteiger partial charge in [-0.25, -0.2) is 4.72 Å². The van der Waals surface area contributed by atoms with Crippen molar-refractivity contribution in [3.63, 3.8) is 0 Å². The van der Waals surface area contributed by atoms with E-state index in [-0.39, 0.29) is 24.4 Å². The van der Waals surface area contributed by atoms with Crippen molar-refractivity contribution in [3.8, 4) is 0 Å². The molecule has 0 spiro atoms. The summed E-state index contributed by atoms with van der Waals surface area (Å²) in [6.45, 7) is 3.44. The first-order valence-corrected chi connectivity index (χ1v) is 5.56. The number of hydrogen-bond donors (Lipinski definition) is 4. The topological polar surface area (TPSA) is 149 Å². The molecule has 1 aromatic heterocycles. The molecule has 0 aliphatic heterocycles. The summed E-state index contributed by atoms with van der Waals surface area (Å²) in [5.74, 6) is -0.593. The summed E-state index contributed by atoms with van der Waals surface area (Å²) in [7, 11) is -3.77. The maximum Gasteiger partial charge on any atom is 0.301 e. The normalized spacial score (nSPS) is 11.0. The third-order valence-electron chi connectivity index (χ3n) is 1.31. The molecule has 0 bridgehead atoms. The van der Waals surface area contributed by atoms with Crippen LogP contribution in [0.25, 0.3) is 0 Å². The molecule has 0 aliphatic carbocycles. The first kappa shape index (κ1) is 12.1. The first-order chi connectivity index (χ1) is 7.43. The Morgan fingerprint density at radius 1 is 1.25 bits per heavy atom. The van der Waals surface area contributed by atoms with E-state index in [1.54, 1.807) is 0 Å². The highest BCUT2D eigenvalue weighted by molar-refractivity contribution is 7.90. The summed E-state index contributed by atoms with van der Waals surface area (Å²) >= 11 is 0.